The lowest BCUT2D eigenvalue weighted by Crippen LogP contribution is -2.41. The number of hydrogen-bond acceptors (Lipinski definition) is 4. The maximum atomic E-state index is 12.6. The lowest BCUT2D eigenvalue weighted by atomic mass is 10.1. The first-order chi connectivity index (χ1) is 10.7. The second-order valence-corrected chi connectivity index (χ2v) is 5.60. The Morgan fingerprint density at radius 3 is 2.86 bits per heavy atom. The number of pyridine rings is 1. The number of nitrogens with zero attached hydrogens (tertiary/aromatic N) is 5. The van der Waals surface area contributed by atoms with Gasteiger partial charge in [-0.1, -0.05) is 0 Å². The lowest BCUT2D eigenvalue weighted by Gasteiger charge is -2.26. The average molecular weight is 300 g/mol. The molecular weight excluding hydrogens is 280 g/mol. The van der Waals surface area contributed by atoms with E-state index in [9.17, 15) is 4.79 Å². The van der Waals surface area contributed by atoms with Crippen molar-refractivity contribution in [3.63, 3.8) is 0 Å². The molecule has 7 nitrogen and oxygen atoms in total. The summed E-state index contributed by atoms with van der Waals surface area (Å²) in [6, 6.07) is 3.83. The van der Waals surface area contributed by atoms with Crippen LogP contribution in [0.4, 0.5) is 4.79 Å². The third-order valence-electron chi connectivity index (χ3n) is 4.08. The monoisotopic (exact) mass is 300 g/mol. The minimum absolute atomic E-state index is 0.0604. The molecule has 1 fully saturated rings. The minimum atomic E-state index is -0.182. The van der Waals surface area contributed by atoms with E-state index in [0.717, 1.165) is 30.8 Å². The van der Waals surface area contributed by atoms with Gasteiger partial charge in [0.15, 0.2) is 5.82 Å². The molecule has 0 unspecified atom stereocenters. The van der Waals surface area contributed by atoms with E-state index in [2.05, 4.69) is 20.5 Å². The highest BCUT2D eigenvalue weighted by molar-refractivity contribution is 5.75. The van der Waals surface area contributed by atoms with E-state index in [1.165, 1.54) is 0 Å². The van der Waals surface area contributed by atoms with E-state index < -0.39 is 0 Å². The van der Waals surface area contributed by atoms with Crippen LogP contribution in [0.5, 0.6) is 0 Å². The number of aromatic nitrogens is 4. The van der Waals surface area contributed by atoms with Gasteiger partial charge in [0.2, 0.25) is 0 Å². The standard InChI is InChI=1S/C15H20N6O/c1-11(14-19-17-10-20(14)2)18-15(22)21-9-3-4-13(21)12-5-7-16-8-6-12/h5-8,10-11,13H,3-4,9H2,1-2H3,(H,18,22)/t11-,13+/m1/s1. The molecule has 116 valence electrons. The van der Waals surface area contributed by atoms with Crippen LogP contribution in [-0.2, 0) is 7.05 Å². The molecule has 2 aromatic rings. The molecule has 0 saturated carbocycles. The fourth-order valence-corrected chi connectivity index (χ4v) is 2.96. The summed E-state index contributed by atoms with van der Waals surface area (Å²) >= 11 is 0. The highest BCUT2D eigenvalue weighted by atomic mass is 16.2. The molecule has 1 aliphatic heterocycles. The summed E-state index contributed by atoms with van der Waals surface area (Å²) in [4.78, 5) is 18.5. The molecule has 0 aliphatic carbocycles. The van der Waals surface area contributed by atoms with Crippen LogP contribution in [-0.4, -0.2) is 37.2 Å². The van der Waals surface area contributed by atoms with Gasteiger partial charge in [-0.15, -0.1) is 10.2 Å². The quantitative estimate of drug-likeness (QED) is 0.938. The van der Waals surface area contributed by atoms with E-state index in [1.807, 2.05) is 35.6 Å². The van der Waals surface area contributed by atoms with Crippen LogP contribution in [0.25, 0.3) is 0 Å². The van der Waals surface area contributed by atoms with Crippen molar-refractivity contribution in [1.82, 2.24) is 30.0 Å². The largest absolute Gasteiger partial charge is 0.328 e. The predicted octanol–water partition coefficient (Wildman–Crippen LogP) is 1.82. The molecule has 2 atom stereocenters. The first kappa shape index (κ1) is 14.5. The highest BCUT2D eigenvalue weighted by Crippen LogP contribution is 2.31. The Bertz CT molecular complexity index is 640. The Morgan fingerprint density at radius 1 is 1.41 bits per heavy atom. The van der Waals surface area contributed by atoms with Crippen molar-refractivity contribution >= 4 is 6.03 Å². The van der Waals surface area contributed by atoms with Crippen molar-refractivity contribution in [3.05, 3.63) is 42.2 Å². The van der Waals surface area contributed by atoms with E-state index in [0.29, 0.717) is 0 Å². The Kier molecular flexibility index (Phi) is 4.04. The first-order valence-electron chi connectivity index (χ1n) is 7.48. The van der Waals surface area contributed by atoms with Crippen LogP contribution >= 0.6 is 0 Å². The molecule has 3 rings (SSSR count). The molecule has 1 N–H and O–H groups in total. The van der Waals surface area contributed by atoms with Crippen LogP contribution in [0, 0.1) is 0 Å². The summed E-state index contributed by atoms with van der Waals surface area (Å²) in [6.07, 6.45) is 7.17. The highest BCUT2D eigenvalue weighted by Gasteiger charge is 2.31. The Labute approximate surface area is 129 Å². The lowest BCUT2D eigenvalue weighted by molar-refractivity contribution is 0.189. The maximum absolute atomic E-state index is 12.6. The van der Waals surface area contributed by atoms with Gasteiger partial charge < -0.3 is 14.8 Å². The Hall–Kier alpha value is -2.44. The van der Waals surface area contributed by atoms with Crippen LogP contribution < -0.4 is 5.32 Å². The predicted molar refractivity (Wildman–Crippen MR) is 80.9 cm³/mol. The summed E-state index contributed by atoms with van der Waals surface area (Å²) in [5.74, 6) is 0.744. The van der Waals surface area contributed by atoms with Crippen LogP contribution in [0.1, 0.15) is 43.2 Å². The molecule has 22 heavy (non-hydrogen) atoms. The van der Waals surface area contributed by atoms with Crippen LogP contribution in [0.2, 0.25) is 0 Å². The summed E-state index contributed by atoms with van der Waals surface area (Å²) < 4.78 is 1.81. The zero-order chi connectivity index (χ0) is 15.5. The number of hydrogen-bond donors (Lipinski definition) is 1. The fourth-order valence-electron chi connectivity index (χ4n) is 2.96. The average Bonchev–Trinajstić information content (AvgIpc) is 3.16. The van der Waals surface area contributed by atoms with Gasteiger partial charge in [-0.05, 0) is 37.5 Å². The van der Waals surface area contributed by atoms with Gasteiger partial charge in [0.1, 0.15) is 6.33 Å². The maximum Gasteiger partial charge on any atom is 0.318 e. The summed E-state index contributed by atoms with van der Waals surface area (Å²) in [6.45, 7) is 2.68. The third-order valence-corrected chi connectivity index (χ3v) is 4.08. The topological polar surface area (TPSA) is 75.9 Å². The number of urea groups is 1. The van der Waals surface area contributed by atoms with Gasteiger partial charge in [0, 0.05) is 26.0 Å². The molecule has 1 aliphatic rings. The SMILES string of the molecule is C[C@@H](NC(=O)N1CCC[C@H]1c1ccncc1)c1nncn1C. The molecule has 0 bridgehead atoms. The van der Waals surface area contributed by atoms with Crippen molar-refractivity contribution in [1.29, 1.82) is 0 Å². The second-order valence-electron chi connectivity index (χ2n) is 5.60. The normalized spacial score (nSPS) is 19.2. The molecule has 3 heterocycles. The van der Waals surface area contributed by atoms with E-state index in [1.54, 1.807) is 18.7 Å². The summed E-state index contributed by atoms with van der Waals surface area (Å²) in [5.41, 5.74) is 1.13. The Morgan fingerprint density at radius 2 is 2.18 bits per heavy atom. The molecule has 0 aromatic carbocycles. The van der Waals surface area contributed by atoms with Crippen molar-refractivity contribution in [3.8, 4) is 0 Å². The molecule has 2 amide bonds. The van der Waals surface area contributed by atoms with Crippen molar-refractivity contribution < 1.29 is 4.79 Å². The molecular formula is C15H20N6O. The number of rotatable bonds is 3. The number of aryl methyl sites for hydroxylation is 1. The number of nitrogens with one attached hydrogen (secondary N) is 1. The fraction of sp³-hybridized carbons (Fsp3) is 0.467. The molecule has 0 spiro atoms. The summed E-state index contributed by atoms with van der Waals surface area (Å²) in [5, 5.41) is 10.9. The number of likely N-dealkylation sites (tertiary alicyclic amines) is 1. The number of carbonyl (C=O) groups is 1. The first-order valence-corrected chi connectivity index (χ1v) is 7.48. The van der Waals surface area contributed by atoms with Crippen LogP contribution in [0.15, 0.2) is 30.9 Å². The molecule has 1 saturated heterocycles. The van der Waals surface area contributed by atoms with Gasteiger partial charge in [-0.25, -0.2) is 4.79 Å². The van der Waals surface area contributed by atoms with E-state index >= 15 is 0 Å². The Balaban J connectivity index is 1.70. The zero-order valence-electron chi connectivity index (χ0n) is 12.8. The van der Waals surface area contributed by atoms with Crippen molar-refractivity contribution in [2.45, 2.75) is 31.8 Å². The van der Waals surface area contributed by atoms with Gasteiger partial charge in [0.25, 0.3) is 0 Å². The minimum Gasteiger partial charge on any atom is -0.328 e. The van der Waals surface area contributed by atoms with Crippen molar-refractivity contribution in [2.24, 2.45) is 7.05 Å². The number of amides is 2. The van der Waals surface area contributed by atoms with E-state index in [4.69, 9.17) is 0 Å². The van der Waals surface area contributed by atoms with Gasteiger partial charge >= 0.3 is 6.03 Å². The molecule has 0 radical (unpaired) electrons. The molecule has 7 heteroatoms. The van der Waals surface area contributed by atoms with Gasteiger partial charge in [0.05, 0.1) is 12.1 Å². The zero-order valence-corrected chi connectivity index (χ0v) is 12.8. The number of carbonyl (C=O) groups excluding carboxylic acids is 1. The molecule has 2 aromatic heterocycles. The second kappa shape index (κ2) is 6.13. The van der Waals surface area contributed by atoms with Crippen LogP contribution in [0.3, 0.4) is 0 Å². The van der Waals surface area contributed by atoms with Gasteiger partial charge in [-0.3, -0.25) is 4.98 Å². The third kappa shape index (κ3) is 2.79. The summed E-state index contributed by atoms with van der Waals surface area (Å²) in [7, 11) is 1.87. The van der Waals surface area contributed by atoms with Crippen molar-refractivity contribution in [2.75, 3.05) is 6.54 Å². The van der Waals surface area contributed by atoms with E-state index in [-0.39, 0.29) is 18.1 Å². The van der Waals surface area contributed by atoms with Gasteiger partial charge in [-0.2, -0.15) is 0 Å². The smallest absolute Gasteiger partial charge is 0.318 e.